The molecule has 0 saturated carbocycles. The average Bonchev–Trinajstić information content (AvgIpc) is 2.38. The predicted molar refractivity (Wildman–Crippen MR) is 72.5 cm³/mol. The van der Waals surface area contributed by atoms with Gasteiger partial charge in [0.05, 0.1) is 5.92 Å². The van der Waals surface area contributed by atoms with E-state index in [-0.39, 0.29) is 24.3 Å². The van der Waals surface area contributed by atoms with Crippen LogP contribution in [0.5, 0.6) is 0 Å². The normalized spacial score (nSPS) is 18.6. The van der Waals surface area contributed by atoms with E-state index >= 15 is 0 Å². The van der Waals surface area contributed by atoms with Crippen molar-refractivity contribution >= 4 is 23.5 Å². The van der Waals surface area contributed by atoms with E-state index in [4.69, 9.17) is 5.11 Å². The van der Waals surface area contributed by atoms with Crippen molar-refractivity contribution in [2.45, 2.75) is 18.8 Å². The molecule has 2 rings (SSSR count). The summed E-state index contributed by atoms with van der Waals surface area (Å²) in [5.41, 5.74) is 1.53. The van der Waals surface area contributed by atoms with E-state index in [1.807, 2.05) is 6.07 Å². The van der Waals surface area contributed by atoms with Crippen LogP contribution in [0.1, 0.15) is 24.3 Å². The average molecular weight is 276 g/mol. The van der Waals surface area contributed by atoms with Gasteiger partial charge in [-0.05, 0) is 24.1 Å². The molecule has 1 atom stereocenters. The summed E-state index contributed by atoms with van der Waals surface area (Å²) in [6.45, 7) is -0.112. The smallest absolute Gasteiger partial charge is 0.323 e. The molecule has 1 heterocycles. The molecule has 6 nitrogen and oxygen atoms in total. The minimum atomic E-state index is -0.918. The number of amides is 2. The molecular formula is C14H16N2O4. The van der Waals surface area contributed by atoms with E-state index < -0.39 is 5.97 Å². The molecule has 0 bridgehead atoms. The quantitative estimate of drug-likeness (QED) is 0.792. The molecule has 2 N–H and O–H groups in total. The molecule has 0 aromatic heterocycles. The first-order valence-electron chi connectivity index (χ1n) is 6.34. The monoisotopic (exact) mass is 276 g/mol. The highest BCUT2D eigenvalue weighted by Crippen LogP contribution is 2.27. The number of rotatable bonds is 4. The lowest BCUT2D eigenvalue weighted by Gasteiger charge is -2.23. The third kappa shape index (κ3) is 3.14. The van der Waals surface area contributed by atoms with Crippen LogP contribution < -0.4 is 10.2 Å². The molecule has 2 amide bonds. The molecule has 1 saturated heterocycles. The number of benzene rings is 1. The highest BCUT2D eigenvalue weighted by Gasteiger charge is 2.28. The fraction of sp³-hybridized carbons (Fsp3) is 0.357. The van der Waals surface area contributed by atoms with E-state index in [2.05, 4.69) is 5.32 Å². The maximum atomic E-state index is 11.8. The molecule has 6 heteroatoms. The van der Waals surface area contributed by atoms with Crippen molar-refractivity contribution in [1.29, 1.82) is 0 Å². The van der Waals surface area contributed by atoms with Gasteiger partial charge in [0.2, 0.25) is 11.8 Å². The Balaban J connectivity index is 2.19. The van der Waals surface area contributed by atoms with Crippen LogP contribution in [-0.2, 0) is 14.4 Å². The molecule has 0 aliphatic carbocycles. The van der Waals surface area contributed by atoms with Crippen LogP contribution in [0, 0.1) is 0 Å². The number of carbonyl (C=O) groups excluding carboxylic acids is 2. The molecule has 1 aliphatic heterocycles. The zero-order chi connectivity index (χ0) is 14.7. The van der Waals surface area contributed by atoms with Crippen LogP contribution in [0.2, 0.25) is 0 Å². The summed E-state index contributed by atoms with van der Waals surface area (Å²) in [6, 6.07) is 7.19. The minimum absolute atomic E-state index is 0.112. The van der Waals surface area contributed by atoms with Gasteiger partial charge in [-0.3, -0.25) is 19.7 Å². The number of aliphatic carboxylic acids is 1. The van der Waals surface area contributed by atoms with Gasteiger partial charge in [0.15, 0.2) is 0 Å². The number of carboxylic acids is 1. The number of carboxylic acid groups (broad SMARTS) is 1. The molecule has 20 heavy (non-hydrogen) atoms. The van der Waals surface area contributed by atoms with Gasteiger partial charge in [0.1, 0.15) is 6.54 Å². The third-order valence-corrected chi connectivity index (χ3v) is 3.32. The first-order chi connectivity index (χ1) is 9.47. The SMILES string of the molecule is CN(CC(=O)O)c1cccc(C2CCC(=O)NC2=O)c1. The third-order valence-electron chi connectivity index (χ3n) is 3.32. The molecule has 0 radical (unpaired) electrons. The zero-order valence-corrected chi connectivity index (χ0v) is 11.1. The van der Waals surface area contributed by atoms with Crippen molar-refractivity contribution in [2.24, 2.45) is 0 Å². The van der Waals surface area contributed by atoms with Gasteiger partial charge in [0, 0.05) is 19.2 Å². The number of hydrogen-bond acceptors (Lipinski definition) is 4. The molecule has 106 valence electrons. The fourth-order valence-corrected chi connectivity index (χ4v) is 2.28. The number of likely N-dealkylation sites (N-methyl/N-ethyl adjacent to an activating group) is 1. The van der Waals surface area contributed by atoms with Crippen molar-refractivity contribution < 1.29 is 19.5 Å². The van der Waals surface area contributed by atoms with Crippen LogP contribution in [0.4, 0.5) is 5.69 Å². The van der Waals surface area contributed by atoms with Crippen molar-refractivity contribution in [2.75, 3.05) is 18.5 Å². The predicted octanol–water partition coefficient (Wildman–Crippen LogP) is 0.728. The van der Waals surface area contributed by atoms with Crippen molar-refractivity contribution in [1.82, 2.24) is 5.32 Å². The molecule has 0 spiro atoms. The van der Waals surface area contributed by atoms with E-state index in [9.17, 15) is 14.4 Å². The Morgan fingerprint density at radius 1 is 1.45 bits per heavy atom. The molecule has 1 aromatic rings. The second-order valence-electron chi connectivity index (χ2n) is 4.85. The highest BCUT2D eigenvalue weighted by molar-refractivity contribution is 6.01. The number of nitrogens with zero attached hydrogens (tertiary/aromatic N) is 1. The Kier molecular flexibility index (Phi) is 4.02. The number of anilines is 1. The summed E-state index contributed by atoms with van der Waals surface area (Å²) in [7, 11) is 1.68. The fourth-order valence-electron chi connectivity index (χ4n) is 2.28. The van der Waals surface area contributed by atoms with E-state index in [1.54, 1.807) is 30.1 Å². The second kappa shape index (κ2) is 5.73. The molecule has 1 aliphatic rings. The minimum Gasteiger partial charge on any atom is -0.480 e. The number of carbonyl (C=O) groups is 3. The first kappa shape index (κ1) is 14.0. The van der Waals surface area contributed by atoms with Crippen LogP contribution in [0.3, 0.4) is 0 Å². The molecule has 1 unspecified atom stereocenters. The van der Waals surface area contributed by atoms with E-state index in [1.165, 1.54) is 0 Å². The topological polar surface area (TPSA) is 86.7 Å². The maximum absolute atomic E-state index is 11.8. The van der Waals surface area contributed by atoms with Gasteiger partial charge >= 0.3 is 5.97 Å². The summed E-state index contributed by atoms with van der Waals surface area (Å²) in [6.07, 6.45) is 0.808. The van der Waals surface area contributed by atoms with Gasteiger partial charge in [-0.1, -0.05) is 12.1 Å². The number of imide groups is 1. The zero-order valence-electron chi connectivity index (χ0n) is 11.1. The number of nitrogens with one attached hydrogen (secondary N) is 1. The lowest BCUT2D eigenvalue weighted by Crippen LogP contribution is -2.39. The largest absolute Gasteiger partial charge is 0.480 e. The van der Waals surface area contributed by atoms with Crippen molar-refractivity contribution in [3.63, 3.8) is 0 Å². The van der Waals surface area contributed by atoms with Crippen LogP contribution in [0.15, 0.2) is 24.3 Å². The van der Waals surface area contributed by atoms with Crippen LogP contribution >= 0.6 is 0 Å². The van der Waals surface area contributed by atoms with Gasteiger partial charge in [0.25, 0.3) is 0 Å². The van der Waals surface area contributed by atoms with E-state index in [0.29, 0.717) is 12.8 Å². The summed E-state index contributed by atoms with van der Waals surface area (Å²) in [4.78, 5) is 35.3. The van der Waals surface area contributed by atoms with Crippen LogP contribution in [0.25, 0.3) is 0 Å². The first-order valence-corrected chi connectivity index (χ1v) is 6.34. The Morgan fingerprint density at radius 2 is 2.20 bits per heavy atom. The summed E-state index contributed by atoms with van der Waals surface area (Å²) >= 11 is 0. The van der Waals surface area contributed by atoms with E-state index in [0.717, 1.165) is 11.3 Å². The number of hydrogen-bond donors (Lipinski definition) is 2. The highest BCUT2D eigenvalue weighted by atomic mass is 16.4. The second-order valence-corrected chi connectivity index (χ2v) is 4.85. The summed E-state index contributed by atoms with van der Waals surface area (Å²) in [5.74, 6) is -1.81. The van der Waals surface area contributed by atoms with Gasteiger partial charge in [-0.15, -0.1) is 0 Å². The molecular weight excluding hydrogens is 260 g/mol. The standard InChI is InChI=1S/C14H16N2O4/c1-16(8-13(18)19)10-4-2-3-9(7-10)11-5-6-12(17)15-14(11)20/h2-4,7,11H,5-6,8H2,1H3,(H,18,19)(H,15,17,20). The van der Waals surface area contributed by atoms with Gasteiger partial charge < -0.3 is 10.0 Å². The Labute approximate surface area is 116 Å². The van der Waals surface area contributed by atoms with Crippen molar-refractivity contribution in [3.8, 4) is 0 Å². The Morgan fingerprint density at radius 3 is 2.85 bits per heavy atom. The Hall–Kier alpha value is -2.37. The van der Waals surface area contributed by atoms with Crippen LogP contribution in [-0.4, -0.2) is 36.5 Å². The lowest BCUT2D eigenvalue weighted by atomic mass is 9.90. The maximum Gasteiger partial charge on any atom is 0.323 e. The Bertz CT molecular complexity index is 556. The lowest BCUT2D eigenvalue weighted by molar-refractivity contribution is -0.136. The van der Waals surface area contributed by atoms with Crippen molar-refractivity contribution in [3.05, 3.63) is 29.8 Å². The summed E-state index contributed by atoms with van der Waals surface area (Å²) < 4.78 is 0. The van der Waals surface area contributed by atoms with Gasteiger partial charge in [-0.25, -0.2) is 0 Å². The molecule has 1 aromatic carbocycles. The molecule has 1 fully saturated rings. The number of piperidine rings is 1. The van der Waals surface area contributed by atoms with Gasteiger partial charge in [-0.2, -0.15) is 0 Å². The summed E-state index contributed by atoms with van der Waals surface area (Å²) in [5, 5.41) is 11.1.